The van der Waals surface area contributed by atoms with Gasteiger partial charge in [0.2, 0.25) is 0 Å². The maximum Gasteiger partial charge on any atom is 0.323 e. The van der Waals surface area contributed by atoms with Crippen LogP contribution in [0.1, 0.15) is 22.6 Å². The first-order chi connectivity index (χ1) is 11.3. The summed E-state index contributed by atoms with van der Waals surface area (Å²) in [4.78, 5) is 16.1. The first-order valence-electron chi connectivity index (χ1n) is 7.93. The van der Waals surface area contributed by atoms with Crippen LogP contribution in [0.2, 0.25) is 0 Å². The number of aryl methyl sites for hydroxylation is 1. The van der Waals surface area contributed by atoms with Gasteiger partial charge in [-0.1, -0.05) is 0 Å². The molecule has 0 radical (unpaired) electrons. The van der Waals surface area contributed by atoms with E-state index in [2.05, 4.69) is 0 Å². The molecule has 0 spiro atoms. The number of hydrogen-bond donors (Lipinski definition) is 4. The van der Waals surface area contributed by atoms with Crippen LogP contribution in [0.25, 0.3) is 0 Å². The number of carbonyl (C=O) groups is 1. The number of fused-ring (bicyclic) bond motifs is 1. The van der Waals surface area contributed by atoms with Gasteiger partial charge in [0.25, 0.3) is 0 Å². The molecule has 1 saturated heterocycles. The van der Waals surface area contributed by atoms with Crippen molar-refractivity contribution in [2.24, 2.45) is 0 Å². The van der Waals surface area contributed by atoms with Crippen molar-refractivity contribution >= 4 is 17.3 Å². The van der Waals surface area contributed by atoms with Crippen LogP contribution in [0.15, 0.2) is 12.1 Å². The number of esters is 1. The van der Waals surface area contributed by atoms with Gasteiger partial charge >= 0.3 is 5.97 Å². The van der Waals surface area contributed by atoms with Crippen LogP contribution in [-0.4, -0.2) is 74.4 Å². The van der Waals surface area contributed by atoms with Crippen LogP contribution >= 0.6 is 11.3 Å². The maximum atomic E-state index is 12.2. The first kappa shape index (κ1) is 17.8. The molecule has 7 nitrogen and oxygen atoms in total. The highest BCUT2D eigenvalue weighted by atomic mass is 32.1. The molecule has 0 bridgehead atoms. The van der Waals surface area contributed by atoms with E-state index >= 15 is 0 Å². The highest BCUT2D eigenvalue weighted by Crippen LogP contribution is 2.44. The van der Waals surface area contributed by atoms with Crippen molar-refractivity contribution in [1.29, 1.82) is 0 Å². The zero-order valence-corrected chi connectivity index (χ0v) is 14.4. The molecule has 0 aromatic carbocycles. The quantitative estimate of drug-likeness (QED) is 0.534. The Labute approximate surface area is 144 Å². The second-order valence-electron chi connectivity index (χ2n) is 6.67. The fourth-order valence-corrected chi connectivity index (χ4v) is 4.82. The zero-order valence-electron chi connectivity index (χ0n) is 13.6. The van der Waals surface area contributed by atoms with Crippen molar-refractivity contribution < 1.29 is 30.0 Å². The van der Waals surface area contributed by atoms with Crippen LogP contribution < -0.4 is 0 Å². The molecule has 2 aliphatic rings. The molecule has 1 aromatic heterocycles. The monoisotopic (exact) mass is 357 g/mol. The van der Waals surface area contributed by atoms with Crippen LogP contribution in [-0.2, 0) is 16.1 Å². The van der Waals surface area contributed by atoms with E-state index in [1.54, 1.807) is 16.2 Å². The first-order valence-corrected chi connectivity index (χ1v) is 8.75. The molecule has 2 fully saturated rings. The summed E-state index contributed by atoms with van der Waals surface area (Å²) in [6.45, 7) is 2.39. The molecular formula is C16H23NO6S. The number of rotatable bonds is 3. The Kier molecular flexibility index (Phi) is 4.71. The van der Waals surface area contributed by atoms with E-state index in [4.69, 9.17) is 4.74 Å². The Hall–Kier alpha value is -1.03. The molecule has 134 valence electrons. The summed E-state index contributed by atoms with van der Waals surface area (Å²) in [5.74, 6) is -0.498. The molecule has 5 unspecified atom stereocenters. The number of aliphatic hydroxyl groups excluding tert-OH is 3. The topological polar surface area (TPSA) is 110 Å². The molecule has 2 heterocycles. The second kappa shape index (κ2) is 6.36. The van der Waals surface area contributed by atoms with Gasteiger partial charge in [-0.15, -0.1) is 11.3 Å². The van der Waals surface area contributed by atoms with E-state index in [1.165, 1.54) is 7.11 Å². The lowest BCUT2D eigenvalue weighted by atomic mass is 9.75. The number of methoxy groups -OCH3 is 1. The standard InChI is InChI=1S/C16H23NO6S/c1-8-3-4-9(24-8)7-17-10(15(21)23-2)6-16(22)12(17)5-11(18)13(19)14(16)20/h3-4,10-14,18-20,22H,5-7H2,1-2H3/t10?,11?,12?,13?,14?,16-/m0/s1. The van der Waals surface area contributed by atoms with Crippen LogP contribution in [0.5, 0.6) is 0 Å². The summed E-state index contributed by atoms with van der Waals surface area (Å²) in [5.41, 5.74) is -1.66. The summed E-state index contributed by atoms with van der Waals surface area (Å²) in [6, 6.07) is 2.55. The zero-order chi connectivity index (χ0) is 17.6. The number of ether oxygens (including phenoxy) is 1. The van der Waals surface area contributed by atoms with Gasteiger partial charge in [-0.25, -0.2) is 0 Å². The SMILES string of the molecule is COC(=O)C1C[C@@]2(O)C(O)C(O)C(O)CC2N1Cc1ccc(C)s1. The molecule has 1 aliphatic heterocycles. The highest BCUT2D eigenvalue weighted by molar-refractivity contribution is 7.11. The number of hydrogen-bond acceptors (Lipinski definition) is 8. The molecule has 3 rings (SSSR count). The number of carbonyl (C=O) groups excluding carboxylic acids is 1. The Bertz CT molecular complexity index is 621. The van der Waals surface area contributed by atoms with Crippen molar-refractivity contribution in [2.75, 3.05) is 7.11 Å². The molecule has 1 saturated carbocycles. The average Bonchev–Trinajstić information content (AvgIpc) is 3.08. The van der Waals surface area contributed by atoms with Crippen LogP contribution in [0, 0.1) is 6.92 Å². The number of likely N-dealkylation sites (tertiary alicyclic amines) is 1. The summed E-state index contributed by atoms with van der Waals surface area (Å²) < 4.78 is 4.85. The summed E-state index contributed by atoms with van der Waals surface area (Å²) >= 11 is 1.59. The van der Waals surface area contributed by atoms with Gasteiger partial charge in [-0.3, -0.25) is 9.69 Å². The van der Waals surface area contributed by atoms with Gasteiger partial charge in [0.15, 0.2) is 0 Å². The largest absolute Gasteiger partial charge is 0.468 e. The fourth-order valence-electron chi connectivity index (χ4n) is 3.92. The minimum absolute atomic E-state index is 0.0420. The van der Waals surface area contributed by atoms with Crippen molar-refractivity contribution in [1.82, 2.24) is 4.90 Å². The molecule has 0 amide bonds. The molecule has 4 N–H and O–H groups in total. The third-order valence-corrected chi connectivity index (χ3v) is 6.19. The average molecular weight is 357 g/mol. The predicted octanol–water partition coefficient (Wildman–Crippen LogP) is -0.610. The van der Waals surface area contributed by atoms with Crippen molar-refractivity contribution in [3.63, 3.8) is 0 Å². The fraction of sp³-hybridized carbons (Fsp3) is 0.688. The van der Waals surface area contributed by atoms with Crippen molar-refractivity contribution in [3.05, 3.63) is 21.9 Å². The summed E-state index contributed by atoms with van der Waals surface area (Å²) in [6.07, 6.45) is -4.08. The van der Waals surface area contributed by atoms with E-state index in [0.717, 1.165) is 9.75 Å². The van der Waals surface area contributed by atoms with Gasteiger partial charge in [0.05, 0.1) is 13.2 Å². The Morgan fingerprint density at radius 3 is 2.71 bits per heavy atom. The number of aliphatic hydroxyl groups is 4. The molecule has 24 heavy (non-hydrogen) atoms. The van der Waals surface area contributed by atoms with Crippen LogP contribution in [0.4, 0.5) is 0 Å². The van der Waals surface area contributed by atoms with Gasteiger partial charge in [-0.2, -0.15) is 0 Å². The minimum Gasteiger partial charge on any atom is -0.468 e. The van der Waals surface area contributed by atoms with Gasteiger partial charge in [-0.05, 0) is 25.5 Å². The van der Waals surface area contributed by atoms with Crippen molar-refractivity contribution in [2.45, 2.75) is 62.3 Å². The Morgan fingerprint density at radius 2 is 2.12 bits per heavy atom. The van der Waals surface area contributed by atoms with E-state index in [9.17, 15) is 25.2 Å². The van der Waals surface area contributed by atoms with Crippen LogP contribution in [0.3, 0.4) is 0 Å². The van der Waals surface area contributed by atoms with Gasteiger partial charge in [0.1, 0.15) is 23.9 Å². The van der Waals surface area contributed by atoms with E-state index in [1.807, 2.05) is 19.1 Å². The van der Waals surface area contributed by atoms with Gasteiger partial charge < -0.3 is 25.2 Å². The van der Waals surface area contributed by atoms with E-state index in [-0.39, 0.29) is 12.8 Å². The molecule has 8 heteroatoms. The number of thiophene rings is 1. The minimum atomic E-state index is -1.66. The lowest BCUT2D eigenvalue weighted by Crippen LogP contribution is -2.64. The summed E-state index contributed by atoms with van der Waals surface area (Å²) in [5, 5.41) is 41.2. The maximum absolute atomic E-state index is 12.2. The smallest absolute Gasteiger partial charge is 0.323 e. The predicted molar refractivity (Wildman–Crippen MR) is 86.4 cm³/mol. The normalized spacial score (nSPS) is 39.7. The van der Waals surface area contributed by atoms with E-state index in [0.29, 0.717) is 6.54 Å². The lowest BCUT2D eigenvalue weighted by molar-refractivity contribution is -0.197. The number of nitrogens with zero attached hydrogens (tertiary/aromatic N) is 1. The Balaban J connectivity index is 1.94. The van der Waals surface area contributed by atoms with E-state index < -0.39 is 42.0 Å². The third-order valence-electron chi connectivity index (χ3n) is 5.20. The van der Waals surface area contributed by atoms with Crippen molar-refractivity contribution in [3.8, 4) is 0 Å². The molecule has 6 atom stereocenters. The van der Waals surface area contributed by atoms with Gasteiger partial charge in [0, 0.05) is 28.8 Å². The third kappa shape index (κ3) is 2.77. The highest BCUT2D eigenvalue weighted by Gasteiger charge is 2.62. The summed E-state index contributed by atoms with van der Waals surface area (Å²) in [7, 11) is 1.28. The molecular weight excluding hydrogens is 334 g/mol. The molecule has 1 aliphatic carbocycles. The Morgan fingerprint density at radius 1 is 1.42 bits per heavy atom. The lowest BCUT2D eigenvalue weighted by Gasteiger charge is -2.45. The second-order valence-corrected chi connectivity index (χ2v) is 8.05. The molecule has 1 aromatic rings.